The van der Waals surface area contributed by atoms with Crippen molar-refractivity contribution in [3.63, 3.8) is 0 Å². The molecule has 0 saturated carbocycles. The molecule has 2 aromatic carbocycles. The number of anilines is 1. The zero-order valence-electron chi connectivity index (χ0n) is 13.8. The van der Waals surface area contributed by atoms with Crippen LogP contribution in [0.5, 0.6) is 0 Å². The van der Waals surface area contributed by atoms with Gasteiger partial charge in [-0.05, 0) is 23.8 Å². The fourth-order valence-electron chi connectivity index (χ4n) is 2.88. The number of para-hydroxylation sites is 1. The number of nitrogens with zero attached hydrogens (tertiary/aromatic N) is 2. The molecule has 6 heteroatoms. The first-order chi connectivity index (χ1) is 12.1. The van der Waals surface area contributed by atoms with Gasteiger partial charge in [0.1, 0.15) is 5.82 Å². The fraction of sp³-hybridized carbons (Fsp3) is 0.316. The minimum atomic E-state index is -0.352. The molecular formula is C19H20ClFN2O2. The van der Waals surface area contributed by atoms with Crippen molar-refractivity contribution in [2.75, 3.05) is 37.7 Å². The molecule has 1 heterocycles. The minimum Gasteiger partial charge on any atom is -0.449 e. The van der Waals surface area contributed by atoms with E-state index >= 15 is 0 Å². The van der Waals surface area contributed by atoms with Gasteiger partial charge in [0.25, 0.3) is 0 Å². The van der Waals surface area contributed by atoms with Gasteiger partial charge in [0.15, 0.2) is 0 Å². The first-order valence-corrected chi connectivity index (χ1v) is 8.67. The molecule has 0 bridgehead atoms. The van der Waals surface area contributed by atoms with E-state index < -0.39 is 0 Å². The average Bonchev–Trinajstić information content (AvgIpc) is 2.64. The number of amides is 1. The van der Waals surface area contributed by atoms with E-state index in [0.717, 1.165) is 5.69 Å². The molecule has 4 nitrogen and oxygen atoms in total. The Bertz CT molecular complexity index is 733. The number of rotatable bonds is 4. The zero-order chi connectivity index (χ0) is 17.6. The van der Waals surface area contributed by atoms with Gasteiger partial charge in [-0.25, -0.2) is 9.18 Å². The Morgan fingerprint density at radius 2 is 1.72 bits per heavy atom. The molecule has 132 valence electrons. The van der Waals surface area contributed by atoms with Gasteiger partial charge in [0, 0.05) is 32.6 Å². The third kappa shape index (κ3) is 4.42. The van der Waals surface area contributed by atoms with E-state index in [2.05, 4.69) is 4.90 Å². The van der Waals surface area contributed by atoms with E-state index in [1.54, 1.807) is 23.1 Å². The van der Waals surface area contributed by atoms with E-state index in [4.69, 9.17) is 16.3 Å². The third-order valence-electron chi connectivity index (χ3n) is 4.29. The number of benzene rings is 2. The summed E-state index contributed by atoms with van der Waals surface area (Å²) in [5.41, 5.74) is 1.54. The van der Waals surface area contributed by atoms with Crippen LogP contribution in [0.1, 0.15) is 5.56 Å². The molecule has 25 heavy (non-hydrogen) atoms. The lowest BCUT2D eigenvalue weighted by Gasteiger charge is -2.35. The van der Waals surface area contributed by atoms with Gasteiger partial charge >= 0.3 is 6.09 Å². The molecule has 2 aromatic rings. The average molecular weight is 363 g/mol. The van der Waals surface area contributed by atoms with Crippen LogP contribution in [0.4, 0.5) is 14.9 Å². The summed E-state index contributed by atoms with van der Waals surface area (Å²) in [6.07, 6.45) is 0.0213. The van der Waals surface area contributed by atoms with E-state index in [9.17, 15) is 9.18 Å². The number of halogens is 2. The van der Waals surface area contributed by atoms with Crippen LogP contribution in [0.2, 0.25) is 5.02 Å². The van der Waals surface area contributed by atoms with E-state index in [1.165, 1.54) is 6.07 Å². The van der Waals surface area contributed by atoms with Crippen LogP contribution in [-0.2, 0) is 11.2 Å². The van der Waals surface area contributed by atoms with Gasteiger partial charge in [0.2, 0.25) is 0 Å². The summed E-state index contributed by atoms with van der Waals surface area (Å²) < 4.78 is 18.8. The number of carbonyl (C=O) groups is 1. The molecular weight excluding hydrogens is 343 g/mol. The van der Waals surface area contributed by atoms with Crippen LogP contribution >= 0.6 is 11.6 Å². The van der Waals surface area contributed by atoms with E-state index in [-0.39, 0.29) is 18.5 Å². The Labute approximate surface area is 151 Å². The van der Waals surface area contributed by atoms with Crippen molar-refractivity contribution >= 4 is 23.4 Å². The molecule has 1 aliphatic heterocycles. The van der Waals surface area contributed by atoms with Gasteiger partial charge in [0.05, 0.1) is 17.3 Å². The molecule has 0 unspecified atom stereocenters. The summed E-state index contributed by atoms with van der Waals surface area (Å²) in [7, 11) is 0. The normalized spacial score (nSPS) is 14.5. The fourth-order valence-corrected chi connectivity index (χ4v) is 3.13. The van der Waals surface area contributed by atoms with E-state index in [1.807, 2.05) is 24.3 Å². The van der Waals surface area contributed by atoms with Gasteiger partial charge in [-0.3, -0.25) is 0 Å². The minimum absolute atomic E-state index is 0.171. The molecule has 1 fully saturated rings. The standard InChI is InChI=1S/C19H20ClFN2O2/c20-16-6-2-4-8-18(16)22-10-12-23(13-11-22)19(24)25-14-9-15-5-1-3-7-17(15)21/h1-8H,9-14H2. The van der Waals surface area contributed by atoms with Crippen molar-refractivity contribution in [3.8, 4) is 0 Å². The highest BCUT2D eigenvalue weighted by molar-refractivity contribution is 6.33. The monoisotopic (exact) mass is 362 g/mol. The zero-order valence-corrected chi connectivity index (χ0v) is 14.6. The first-order valence-electron chi connectivity index (χ1n) is 8.30. The van der Waals surface area contributed by atoms with Crippen molar-refractivity contribution in [2.24, 2.45) is 0 Å². The Balaban J connectivity index is 1.46. The Kier molecular flexibility index (Phi) is 5.76. The van der Waals surface area contributed by atoms with Crippen LogP contribution < -0.4 is 4.90 Å². The highest BCUT2D eigenvalue weighted by Gasteiger charge is 2.23. The first kappa shape index (κ1) is 17.5. The maximum Gasteiger partial charge on any atom is 0.409 e. The van der Waals surface area contributed by atoms with Crippen molar-refractivity contribution in [2.45, 2.75) is 6.42 Å². The second-order valence-corrected chi connectivity index (χ2v) is 6.29. The van der Waals surface area contributed by atoms with Crippen LogP contribution in [0.3, 0.4) is 0 Å². The second-order valence-electron chi connectivity index (χ2n) is 5.88. The molecule has 0 aliphatic carbocycles. The number of hydrogen-bond donors (Lipinski definition) is 0. The Hall–Kier alpha value is -2.27. The lowest BCUT2D eigenvalue weighted by molar-refractivity contribution is 0.101. The molecule has 0 atom stereocenters. The summed E-state index contributed by atoms with van der Waals surface area (Å²) >= 11 is 6.22. The summed E-state index contributed by atoms with van der Waals surface area (Å²) in [4.78, 5) is 16.0. The molecule has 1 aliphatic rings. The van der Waals surface area contributed by atoms with Crippen LogP contribution in [0.25, 0.3) is 0 Å². The van der Waals surface area contributed by atoms with Crippen molar-refractivity contribution in [1.29, 1.82) is 0 Å². The quantitative estimate of drug-likeness (QED) is 0.824. The maximum atomic E-state index is 13.5. The smallest absolute Gasteiger partial charge is 0.409 e. The van der Waals surface area contributed by atoms with Gasteiger partial charge < -0.3 is 14.5 Å². The topological polar surface area (TPSA) is 32.8 Å². The number of ether oxygens (including phenoxy) is 1. The summed E-state index contributed by atoms with van der Waals surface area (Å²) in [5, 5.41) is 0.711. The second kappa shape index (κ2) is 8.21. The van der Waals surface area contributed by atoms with Gasteiger partial charge in [-0.15, -0.1) is 0 Å². The molecule has 0 aromatic heterocycles. The lowest BCUT2D eigenvalue weighted by Crippen LogP contribution is -2.49. The van der Waals surface area contributed by atoms with E-state index in [0.29, 0.717) is 43.2 Å². The van der Waals surface area contributed by atoms with Crippen molar-refractivity contribution in [3.05, 3.63) is 64.9 Å². The van der Waals surface area contributed by atoms with Gasteiger partial charge in [-0.1, -0.05) is 41.9 Å². The van der Waals surface area contributed by atoms with Crippen LogP contribution in [-0.4, -0.2) is 43.8 Å². The lowest BCUT2D eigenvalue weighted by atomic mass is 10.1. The molecule has 3 rings (SSSR count). The Morgan fingerprint density at radius 3 is 2.44 bits per heavy atom. The number of carbonyl (C=O) groups excluding carboxylic acids is 1. The highest BCUT2D eigenvalue weighted by atomic mass is 35.5. The summed E-state index contributed by atoms with van der Waals surface area (Å²) in [5.74, 6) is -0.271. The molecule has 0 N–H and O–H groups in total. The SMILES string of the molecule is O=C(OCCc1ccccc1F)N1CCN(c2ccccc2Cl)CC1. The highest BCUT2D eigenvalue weighted by Crippen LogP contribution is 2.26. The Morgan fingerprint density at radius 1 is 1.04 bits per heavy atom. The van der Waals surface area contributed by atoms with Crippen molar-refractivity contribution in [1.82, 2.24) is 4.90 Å². The summed E-state index contributed by atoms with van der Waals surface area (Å²) in [6.45, 7) is 2.72. The largest absolute Gasteiger partial charge is 0.449 e. The van der Waals surface area contributed by atoms with Crippen LogP contribution in [0.15, 0.2) is 48.5 Å². The number of hydrogen-bond acceptors (Lipinski definition) is 3. The molecule has 0 spiro atoms. The third-order valence-corrected chi connectivity index (χ3v) is 4.61. The summed E-state index contributed by atoms with van der Waals surface area (Å²) in [6, 6.07) is 14.2. The van der Waals surface area contributed by atoms with Gasteiger partial charge in [-0.2, -0.15) is 0 Å². The van der Waals surface area contributed by atoms with Crippen LogP contribution in [0, 0.1) is 5.82 Å². The predicted molar refractivity (Wildman–Crippen MR) is 96.7 cm³/mol. The number of piperazine rings is 1. The maximum absolute atomic E-state index is 13.5. The molecule has 1 amide bonds. The predicted octanol–water partition coefficient (Wildman–Crippen LogP) is 3.98. The molecule has 0 radical (unpaired) electrons. The molecule has 1 saturated heterocycles. The van der Waals surface area contributed by atoms with Crippen molar-refractivity contribution < 1.29 is 13.9 Å².